The van der Waals surface area contributed by atoms with E-state index in [1.165, 1.54) is 16.2 Å². The molecule has 166 valence electrons. The number of thiazole rings is 1. The smallest absolute Gasteiger partial charge is 0.296 e. The van der Waals surface area contributed by atoms with Crippen LogP contribution < -0.4 is 4.90 Å². The van der Waals surface area contributed by atoms with Gasteiger partial charge in [0.15, 0.2) is 16.7 Å². The van der Waals surface area contributed by atoms with E-state index in [2.05, 4.69) is 4.98 Å². The number of nitrogens with zero attached hydrogens (tertiary/aromatic N) is 2. The summed E-state index contributed by atoms with van der Waals surface area (Å²) in [5.74, 6) is -1.72. The third-order valence-electron chi connectivity index (χ3n) is 5.96. The van der Waals surface area contributed by atoms with E-state index in [9.17, 15) is 14.7 Å². The molecule has 7 heteroatoms. The van der Waals surface area contributed by atoms with Crippen molar-refractivity contribution in [2.75, 3.05) is 4.90 Å². The monoisotopic (exact) mass is 466 g/mol. The molecule has 1 unspecified atom stereocenters. The number of anilines is 1. The number of rotatable bonds is 4. The fourth-order valence-corrected chi connectivity index (χ4v) is 5.42. The van der Waals surface area contributed by atoms with E-state index < -0.39 is 23.5 Å². The molecule has 3 heterocycles. The topological polar surface area (TPSA) is 83.6 Å². The lowest BCUT2D eigenvalue weighted by atomic mass is 9.95. The summed E-state index contributed by atoms with van der Waals surface area (Å²) in [5, 5.41) is 12.1. The lowest BCUT2D eigenvalue weighted by Gasteiger charge is -2.24. The Morgan fingerprint density at radius 3 is 2.59 bits per heavy atom. The fourth-order valence-electron chi connectivity index (χ4n) is 4.33. The second-order valence-electron chi connectivity index (χ2n) is 8.20. The van der Waals surface area contributed by atoms with Crippen LogP contribution in [0.1, 0.15) is 27.7 Å². The summed E-state index contributed by atoms with van der Waals surface area (Å²) < 4.78 is 6.70. The number of para-hydroxylation sites is 1. The first-order chi connectivity index (χ1) is 16.5. The van der Waals surface area contributed by atoms with Gasteiger partial charge < -0.3 is 9.52 Å². The first kappa shape index (κ1) is 20.4. The lowest BCUT2D eigenvalue weighted by molar-refractivity contribution is -0.117. The first-order valence-electron chi connectivity index (χ1n) is 10.7. The quantitative estimate of drug-likeness (QED) is 0.322. The number of amides is 1. The molecule has 0 saturated heterocycles. The summed E-state index contributed by atoms with van der Waals surface area (Å²) in [4.78, 5) is 33.0. The normalized spacial score (nSPS) is 16.2. The maximum absolute atomic E-state index is 13.6. The Bertz CT molecular complexity index is 1600. The highest BCUT2D eigenvalue weighted by atomic mass is 32.1. The number of carbonyl (C=O) groups is 2. The molecule has 0 radical (unpaired) electrons. The standard InChI is InChI=1S/C27H18N2O4S/c1-15-11-12-18-21(13-15)34-27(28-18)29-23(16-7-3-2-4-8-16)22(25(31)26(29)32)24(30)20-14-17-9-5-6-10-19(17)33-20/h2-14,23,31H,1H3. The molecule has 0 spiro atoms. The number of aryl methyl sites for hydroxylation is 1. The van der Waals surface area contributed by atoms with Gasteiger partial charge in [-0.15, -0.1) is 0 Å². The summed E-state index contributed by atoms with van der Waals surface area (Å²) in [7, 11) is 0. The Balaban J connectivity index is 1.51. The van der Waals surface area contributed by atoms with Crippen molar-refractivity contribution in [3.05, 3.63) is 107 Å². The van der Waals surface area contributed by atoms with Gasteiger partial charge in [0, 0.05) is 5.39 Å². The van der Waals surface area contributed by atoms with Gasteiger partial charge in [-0.2, -0.15) is 0 Å². The van der Waals surface area contributed by atoms with Gasteiger partial charge in [0.25, 0.3) is 5.91 Å². The number of aliphatic hydroxyl groups excluding tert-OH is 1. The molecule has 1 aliphatic heterocycles. The van der Waals surface area contributed by atoms with Gasteiger partial charge in [0.1, 0.15) is 5.58 Å². The van der Waals surface area contributed by atoms with E-state index in [4.69, 9.17) is 4.42 Å². The largest absolute Gasteiger partial charge is 0.503 e. The number of aromatic nitrogens is 1. The van der Waals surface area contributed by atoms with E-state index in [0.717, 1.165) is 21.2 Å². The van der Waals surface area contributed by atoms with Gasteiger partial charge >= 0.3 is 0 Å². The molecule has 0 aliphatic carbocycles. The van der Waals surface area contributed by atoms with Crippen molar-refractivity contribution in [2.45, 2.75) is 13.0 Å². The molecule has 6 rings (SSSR count). The predicted molar refractivity (Wildman–Crippen MR) is 131 cm³/mol. The SMILES string of the molecule is Cc1ccc2nc(N3C(=O)C(O)=C(C(=O)c4cc5ccccc5o4)C3c3ccccc3)sc2c1. The van der Waals surface area contributed by atoms with Crippen molar-refractivity contribution in [3.63, 3.8) is 0 Å². The minimum absolute atomic E-state index is 0.0225. The van der Waals surface area contributed by atoms with Crippen molar-refractivity contribution >= 4 is 49.3 Å². The minimum Gasteiger partial charge on any atom is -0.503 e. The molecule has 34 heavy (non-hydrogen) atoms. The number of ketones is 1. The average molecular weight is 467 g/mol. The zero-order chi connectivity index (χ0) is 23.4. The summed E-state index contributed by atoms with van der Waals surface area (Å²) in [5.41, 5.74) is 3.06. The van der Waals surface area contributed by atoms with Gasteiger partial charge in [-0.05, 0) is 42.3 Å². The molecule has 3 aromatic carbocycles. The van der Waals surface area contributed by atoms with Crippen LogP contribution in [-0.4, -0.2) is 21.8 Å². The van der Waals surface area contributed by atoms with Crippen LogP contribution in [0.3, 0.4) is 0 Å². The molecule has 1 N–H and O–H groups in total. The Morgan fingerprint density at radius 2 is 1.79 bits per heavy atom. The van der Waals surface area contributed by atoms with Crippen LogP contribution >= 0.6 is 11.3 Å². The molecular weight excluding hydrogens is 448 g/mol. The summed E-state index contributed by atoms with van der Waals surface area (Å²) >= 11 is 1.35. The number of Topliss-reactive ketones (excluding diaryl/α,β-unsaturated/α-hetero) is 1. The van der Waals surface area contributed by atoms with Crippen LogP contribution in [0.5, 0.6) is 0 Å². The van der Waals surface area contributed by atoms with E-state index >= 15 is 0 Å². The zero-order valence-electron chi connectivity index (χ0n) is 18.1. The van der Waals surface area contributed by atoms with Crippen molar-refractivity contribution in [1.82, 2.24) is 4.98 Å². The average Bonchev–Trinajstić information content (AvgIpc) is 3.53. The van der Waals surface area contributed by atoms with Crippen LogP contribution in [-0.2, 0) is 4.79 Å². The Morgan fingerprint density at radius 1 is 1.03 bits per heavy atom. The lowest BCUT2D eigenvalue weighted by Crippen LogP contribution is -2.30. The summed E-state index contributed by atoms with van der Waals surface area (Å²) in [6, 6.07) is 23.1. The summed E-state index contributed by atoms with van der Waals surface area (Å²) in [6.45, 7) is 1.99. The van der Waals surface area contributed by atoms with Gasteiger partial charge in [-0.25, -0.2) is 4.98 Å². The highest BCUT2D eigenvalue weighted by Gasteiger charge is 2.46. The van der Waals surface area contributed by atoms with E-state index in [1.807, 2.05) is 73.7 Å². The third-order valence-corrected chi connectivity index (χ3v) is 6.97. The third kappa shape index (κ3) is 3.13. The number of aliphatic hydroxyl groups is 1. The fraction of sp³-hybridized carbons (Fsp3) is 0.0741. The van der Waals surface area contributed by atoms with Gasteiger partial charge in [0.2, 0.25) is 5.78 Å². The van der Waals surface area contributed by atoms with Gasteiger partial charge in [-0.1, -0.05) is 65.9 Å². The van der Waals surface area contributed by atoms with E-state index in [0.29, 0.717) is 16.3 Å². The Kier molecular flexibility index (Phi) is 4.60. The highest BCUT2D eigenvalue weighted by molar-refractivity contribution is 7.22. The van der Waals surface area contributed by atoms with E-state index in [-0.39, 0.29) is 11.3 Å². The Hall–Kier alpha value is -4.23. The van der Waals surface area contributed by atoms with Crippen molar-refractivity contribution in [2.24, 2.45) is 0 Å². The number of benzene rings is 3. The maximum atomic E-state index is 13.6. The molecule has 5 aromatic rings. The highest BCUT2D eigenvalue weighted by Crippen LogP contribution is 2.44. The van der Waals surface area contributed by atoms with Crippen LogP contribution in [0.2, 0.25) is 0 Å². The number of hydrogen-bond donors (Lipinski definition) is 1. The first-order valence-corrected chi connectivity index (χ1v) is 11.5. The van der Waals surface area contributed by atoms with Gasteiger partial charge in [-0.3, -0.25) is 14.5 Å². The molecule has 0 saturated carbocycles. The Labute approximate surface area is 198 Å². The van der Waals surface area contributed by atoms with Crippen molar-refractivity contribution < 1.29 is 19.1 Å². The molecule has 0 fully saturated rings. The minimum atomic E-state index is -0.837. The molecule has 0 bridgehead atoms. The number of hydrogen-bond acceptors (Lipinski definition) is 6. The molecular formula is C27H18N2O4S. The van der Waals surface area contributed by atoms with Crippen LogP contribution in [0, 0.1) is 6.92 Å². The van der Waals surface area contributed by atoms with Crippen molar-refractivity contribution in [3.8, 4) is 0 Å². The molecule has 1 atom stereocenters. The molecule has 2 aromatic heterocycles. The van der Waals surface area contributed by atoms with E-state index in [1.54, 1.807) is 12.1 Å². The number of furan rings is 1. The van der Waals surface area contributed by atoms with Crippen LogP contribution in [0.4, 0.5) is 5.13 Å². The molecule has 1 aliphatic rings. The van der Waals surface area contributed by atoms with Gasteiger partial charge in [0.05, 0.1) is 21.8 Å². The zero-order valence-corrected chi connectivity index (χ0v) is 18.9. The number of carbonyl (C=O) groups excluding carboxylic acids is 2. The summed E-state index contributed by atoms with van der Waals surface area (Å²) in [6.07, 6.45) is 0. The second-order valence-corrected chi connectivity index (χ2v) is 9.20. The molecule has 1 amide bonds. The second kappa shape index (κ2) is 7.67. The van der Waals surface area contributed by atoms with Crippen molar-refractivity contribution in [1.29, 1.82) is 0 Å². The van der Waals surface area contributed by atoms with Crippen LogP contribution in [0.25, 0.3) is 21.2 Å². The predicted octanol–water partition coefficient (Wildman–Crippen LogP) is 6.13. The maximum Gasteiger partial charge on any atom is 0.296 e. The number of fused-ring (bicyclic) bond motifs is 2. The van der Waals surface area contributed by atoms with Crippen LogP contribution in [0.15, 0.2) is 94.6 Å². The molecule has 6 nitrogen and oxygen atoms in total.